The predicted octanol–water partition coefficient (Wildman–Crippen LogP) is 2.91. The predicted molar refractivity (Wildman–Crippen MR) is 124 cm³/mol. The van der Waals surface area contributed by atoms with E-state index >= 15 is 0 Å². The number of thioether (sulfide) groups is 1. The Morgan fingerprint density at radius 1 is 1.12 bits per heavy atom. The van der Waals surface area contributed by atoms with E-state index in [0.29, 0.717) is 5.75 Å². The number of carbonyl (C=O) groups is 3. The molecule has 1 heterocycles. The molecule has 0 spiro atoms. The third-order valence-electron chi connectivity index (χ3n) is 6.03. The van der Waals surface area contributed by atoms with Crippen LogP contribution in [0.15, 0.2) is 48.5 Å². The monoisotopic (exact) mass is 470 g/mol. The van der Waals surface area contributed by atoms with Gasteiger partial charge < -0.3 is 24.8 Å². The molecular weight excluding hydrogens is 444 g/mol. The first-order valence-electron chi connectivity index (χ1n) is 10.7. The smallest absolute Gasteiger partial charge is 0.407 e. The van der Waals surface area contributed by atoms with Crippen LogP contribution in [0.1, 0.15) is 24.0 Å². The second-order valence-electron chi connectivity index (χ2n) is 8.01. The molecule has 2 aromatic rings. The average molecular weight is 471 g/mol. The largest absolute Gasteiger partial charge is 0.480 e. The lowest BCUT2D eigenvalue weighted by atomic mass is 9.98. The van der Waals surface area contributed by atoms with Crippen molar-refractivity contribution in [2.75, 3.05) is 26.1 Å². The summed E-state index contributed by atoms with van der Waals surface area (Å²) in [6, 6.07) is 14.0. The Morgan fingerprint density at radius 3 is 2.30 bits per heavy atom. The van der Waals surface area contributed by atoms with Gasteiger partial charge in [-0.25, -0.2) is 9.59 Å². The van der Waals surface area contributed by atoms with Gasteiger partial charge in [-0.2, -0.15) is 0 Å². The number of carboxylic acid groups (broad SMARTS) is 1. The summed E-state index contributed by atoms with van der Waals surface area (Å²) < 4.78 is 10.6. The Kier molecular flexibility index (Phi) is 6.90. The highest BCUT2D eigenvalue weighted by atomic mass is 32.2. The molecule has 2 unspecified atom stereocenters. The van der Waals surface area contributed by atoms with E-state index in [2.05, 4.69) is 17.4 Å². The van der Waals surface area contributed by atoms with E-state index < -0.39 is 30.1 Å². The van der Waals surface area contributed by atoms with Gasteiger partial charge in [0.15, 0.2) is 0 Å². The molecule has 33 heavy (non-hydrogen) atoms. The van der Waals surface area contributed by atoms with Gasteiger partial charge in [0.2, 0.25) is 5.91 Å². The Balaban J connectivity index is 1.44. The normalized spacial score (nSPS) is 20.1. The van der Waals surface area contributed by atoms with Gasteiger partial charge in [-0.1, -0.05) is 48.5 Å². The lowest BCUT2D eigenvalue weighted by Gasteiger charge is -2.29. The molecule has 1 saturated heterocycles. The van der Waals surface area contributed by atoms with Crippen molar-refractivity contribution in [3.8, 4) is 11.1 Å². The van der Waals surface area contributed by atoms with Gasteiger partial charge >= 0.3 is 12.1 Å². The third kappa shape index (κ3) is 4.56. The molecule has 2 aromatic carbocycles. The molecule has 1 aliphatic carbocycles. The SMILES string of the molecule is COC[C@H](NC(=O)OCC1c2ccccc2-c2ccccc21)C(=O)N1C(C)SCC1C(=O)O. The first-order valence-corrected chi connectivity index (χ1v) is 11.7. The molecule has 174 valence electrons. The van der Waals surface area contributed by atoms with E-state index in [0.717, 1.165) is 22.3 Å². The number of carbonyl (C=O) groups excluding carboxylic acids is 2. The summed E-state index contributed by atoms with van der Waals surface area (Å²) in [4.78, 5) is 38.6. The van der Waals surface area contributed by atoms with Gasteiger partial charge in [0.1, 0.15) is 18.7 Å². The molecule has 2 amide bonds. The summed E-state index contributed by atoms with van der Waals surface area (Å²) in [6.07, 6.45) is -0.751. The highest BCUT2D eigenvalue weighted by molar-refractivity contribution is 8.00. The quantitative estimate of drug-likeness (QED) is 0.641. The molecular formula is C24H26N2O6S. The van der Waals surface area contributed by atoms with Gasteiger partial charge in [-0.05, 0) is 29.2 Å². The van der Waals surface area contributed by atoms with Crippen LogP contribution in [0.25, 0.3) is 11.1 Å². The Morgan fingerprint density at radius 2 is 1.73 bits per heavy atom. The first kappa shape index (κ1) is 23.1. The van der Waals surface area contributed by atoms with E-state index in [1.165, 1.54) is 23.8 Å². The molecule has 0 saturated carbocycles. The summed E-state index contributed by atoms with van der Waals surface area (Å²) in [5.74, 6) is -1.38. The fourth-order valence-corrected chi connectivity index (χ4v) is 5.65. The molecule has 9 heteroatoms. The van der Waals surface area contributed by atoms with Crippen molar-refractivity contribution in [3.63, 3.8) is 0 Å². The van der Waals surface area contributed by atoms with Crippen LogP contribution in [0, 0.1) is 0 Å². The summed E-state index contributed by atoms with van der Waals surface area (Å²) in [7, 11) is 1.41. The number of benzene rings is 2. The molecule has 0 bridgehead atoms. The van der Waals surface area contributed by atoms with Crippen molar-refractivity contribution in [1.29, 1.82) is 0 Å². The minimum atomic E-state index is -1.07. The zero-order chi connectivity index (χ0) is 23.5. The summed E-state index contributed by atoms with van der Waals surface area (Å²) in [5, 5.41) is 11.7. The van der Waals surface area contributed by atoms with Crippen molar-refractivity contribution >= 4 is 29.7 Å². The molecule has 0 aromatic heterocycles. The summed E-state index contributed by atoms with van der Waals surface area (Å²) in [6.45, 7) is 1.79. The average Bonchev–Trinajstić information content (AvgIpc) is 3.35. The fraction of sp³-hybridized carbons (Fsp3) is 0.375. The van der Waals surface area contributed by atoms with Gasteiger partial charge in [0, 0.05) is 18.8 Å². The van der Waals surface area contributed by atoms with Gasteiger partial charge in [-0.15, -0.1) is 11.8 Å². The number of nitrogens with zero attached hydrogens (tertiary/aromatic N) is 1. The number of hydrogen-bond donors (Lipinski definition) is 2. The minimum absolute atomic E-state index is 0.0940. The van der Waals surface area contributed by atoms with Crippen LogP contribution in [-0.2, 0) is 19.1 Å². The van der Waals surface area contributed by atoms with E-state index in [1.807, 2.05) is 36.4 Å². The van der Waals surface area contributed by atoms with Crippen molar-refractivity contribution in [2.45, 2.75) is 30.3 Å². The second-order valence-corrected chi connectivity index (χ2v) is 9.36. The number of hydrogen-bond acceptors (Lipinski definition) is 6. The lowest BCUT2D eigenvalue weighted by Crippen LogP contribution is -2.55. The highest BCUT2D eigenvalue weighted by Gasteiger charge is 2.42. The van der Waals surface area contributed by atoms with Gasteiger partial charge in [0.05, 0.1) is 12.0 Å². The van der Waals surface area contributed by atoms with Crippen LogP contribution in [-0.4, -0.2) is 71.5 Å². The maximum Gasteiger partial charge on any atom is 0.407 e. The van der Waals surface area contributed by atoms with Crippen molar-refractivity contribution in [3.05, 3.63) is 59.7 Å². The summed E-state index contributed by atoms with van der Waals surface area (Å²) >= 11 is 1.38. The number of amides is 2. The molecule has 3 atom stereocenters. The zero-order valence-electron chi connectivity index (χ0n) is 18.4. The van der Waals surface area contributed by atoms with Crippen molar-refractivity contribution < 1.29 is 29.0 Å². The highest BCUT2D eigenvalue weighted by Crippen LogP contribution is 2.44. The van der Waals surface area contributed by atoms with E-state index in [-0.39, 0.29) is 24.5 Å². The number of carboxylic acids is 1. The number of alkyl carbamates (subject to hydrolysis) is 1. The number of methoxy groups -OCH3 is 1. The van der Waals surface area contributed by atoms with Crippen molar-refractivity contribution in [1.82, 2.24) is 10.2 Å². The molecule has 2 N–H and O–H groups in total. The number of nitrogens with one attached hydrogen (secondary N) is 1. The van der Waals surface area contributed by atoms with Crippen LogP contribution in [0.5, 0.6) is 0 Å². The lowest BCUT2D eigenvalue weighted by molar-refractivity contribution is -0.150. The topological polar surface area (TPSA) is 105 Å². The molecule has 8 nitrogen and oxygen atoms in total. The van der Waals surface area contributed by atoms with Crippen molar-refractivity contribution in [2.24, 2.45) is 0 Å². The first-order chi connectivity index (χ1) is 15.9. The second kappa shape index (κ2) is 9.84. The third-order valence-corrected chi connectivity index (χ3v) is 7.25. The Hall–Kier alpha value is -3.04. The standard InChI is InChI=1S/C24H26N2O6S/c1-14-26(21(13-33-14)23(28)29)22(27)20(12-31-2)25-24(30)32-11-19-17-9-5-3-7-15(17)16-8-4-6-10-18(16)19/h3-10,14,19-21H,11-13H2,1-2H3,(H,25,30)(H,28,29)/t14?,20-,21?/m0/s1. The van der Waals surface area contributed by atoms with Gasteiger partial charge in [-0.3, -0.25) is 4.79 Å². The number of rotatable bonds is 7. The molecule has 2 aliphatic rings. The molecule has 1 aliphatic heterocycles. The maximum absolute atomic E-state index is 13.1. The van der Waals surface area contributed by atoms with Crippen LogP contribution in [0.4, 0.5) is 4.79 Å². The fourth-order valence-electron chi connectivity index (χ4n) is 4.47. The van der Waals surface area contributed by atoms with Gasteiger partial charge in [0.25, 0.3) is 0 Å². The summed E-state index contributed by atoms with van der Waals surface area (Å²) in [5.41, 5.74) is 4.41. The molecule has 4 rings (SSSR count). The Labute approximate surface area is 196 Å². The number of fused-ring (bicyclic) bond motifs is 3. The van der Waals surface area contributed by atoms with E-state index in [1.54, 1.807) is 6.92 Å². The molecule has 1 fully saturated rings. The number of ether oxygens (including phenoxy) is 2. The maximum atomic E-state index is 13.1. The van der Waals surface area contributed by atoms with E-state index in [9.17, 15) is 19.5 Å². The minimum Gasteiger partial charge on any atom is -0.480 e. The van der Waals surface area contributed by atoms with E-state index in [4.69, 9.17) is 9.47 Å². The van der Waals surface area contributed by atoms with Crippen LogP contribution >= 0.6 is 11.8 Å². The number of aliphatic carboxylic acids is 1. The van der Waals surface area contributed by atoms with Crippen LogP contribution in [0.3, 0.4) is 0 Å². The van der Waals surface area contributed by atoms with Crippen LogP contribution in [0.2, 0.25) is 0 Å². The van der Waals surface area contributed by atoms with Crippen LogP contribution < -0.4 is 5.32 Å². The zero-order valence-corrected chi connectivity index (χ0v) is 19.2. The molecule has 0 radical (unpaired) electrons. The Bertz CT molecular complexity index is 1020.